The Morgan fingerprint density at radius 1 is 0.460 bits per heavy atom. The van der Waals surface area contributed by atoms with Crippen LogP contribution in [0.4, 0.5) is 0 Å². The molecule has 5 heterocycles. The van der Waals surface area contributed by atoms with E-state index in [1.54, 1.807) is 0 Å². The Labute approximate surface area is 356 Å². The lowest BCUT2D eigenvalue weighted by Gasteiger charge is -2.50. The van der Waals surface area contributed by atoms with Crippen LogP contribution >= 0.6 is 0 Å². The number of rotatable bonds is 16. The van der Waals surface area contributed by atoms with Gasteiger partial charge in [-0.25, -0.2) is 4.18 Å². The number of hydrogen-bond donors (Lipinski definition) is 17. The van der Waals surface area contributed by atoms with Crippen molar-refractivity contribution in [3.05, 3.63) is 0 Å². The summed E-state index contributed by atoms with van der Waals surface area (Å²) in [6, 6.07) is -1.82. The van der Waals surface area contributed by atoms with E-state index >= 15 is 0 Å². The Morgan fingerprint density at radius 2 is 0.810 bits per heavy atom. The lowest BCUT2D eigenvalue weighted by Crippen LogP contribution is -2.70. The van der Waals surface area contributed by atoms with Gasteiger partial charge in [-0.15, -0.1) is 0 Å². The van der Waals surface area contributed by atoms with Crippen molar-refractivity contribution in [2.24, 2.45) is 0 Å². The maximum absolute atomic E-state index is 12.5. The van der Waals surface area contributed by atoms with Gasteiger partial charge in [0.2, 0.25) is 5.91 Å². The monoisotopic (exact) mass is 949 g/mol. The van der Waals surface area contributed by atoms with Gasteiger partial charge in [0.15, 0.2) is 31.5 Å². The molecule has 0 bridgehead atoms. The topological polar surface area (TPSA) is 479 Å². The number of carbonyl (C=O) groups is 1. The van der Waals surface area contributed by atoms with Crippen molar-refractivity contribution in [2.45, 2.75) is 160 Å². The summed E-state index contributed by atoms with van der Waals surface area (Å²) in [6.07, 6.45) is -47.6. The molecule has 31 heteroatoms. The number of hydrogen-bond acceptors (Lipinski definition) is 28. The quantitative estimate of drug-likeness (QED) is 0.0639. The number of aliphatic hydroxyl groups excluding tert-OH is 15. The number of nitrogens with one attached hydrogen (secondary N) is 1. The average Bonchev–Trinajstić information content (AvgIpc) is 3.23. The molecule has 0 aromatic carbocycles. The average molecular weight is 950 g/mol. The molecule has 17 N–H and O–H groups in total. The molecule has 0 radical (unpaired) electrons. The molecule has 0 saturated carbocycles. The third kappa shape index (κ3) is 11.6. The molecular formula is C32H55NO29S. The Hall–Kier alpha value is -1.62. The fourth-order valence-electron chi connectivity index (χ4n) is 7.66. The normalized spacial score (nSPS) is 48.7. The van der Waals surface area contributed by atoms with Crippen molar-refractivity contribution in [1.29, 1.82) is 0 Å². The maximum atomic E-state index is 12.5. The molecule has 1 amide bonds. The first-order valence-corrected chi connectivity index (χ1v) is 20.6. The van der Waals surface area contributed by atoms with Crippen LogP contribution in [-0.2, 0) is 62.0 Å². The molecule has 0 spiro atoms. The molecule has 0 unspecified atom stereocenters. The molecule has 0 aliphatic carbocycles. The molecule has 0 aromatic rings. The van der Waals surface area contributed by atoms with Crippen molar-refractivity contribution in [3.63, 3.8) is 0 Å². The van der Waals surface area contributed by atoms with E-state index in [1.807, 2.05) is 0 Å². The highest BCUT2D eigenvalue weighted by molar-refractivity contribution is 7.80. The van der Waals surface area contributed by atoms with Gasteiger partial charge in [-0.1, -0.05) is 0 Å². The van der Waals surface area contributed by atoms with E-state index in [1.165, 1.54) is 0 Å². The van der Waals surface area contributed by atoms with E-state index < -0.39 is 203 Å². The molecule has 5 aliphatic rings. The minimum absolute atomic E-state index is 0.898. The van der Waals surface area contributed by atoms with Crippen molar-refractivity contribution in [1.82, 2.24) is 5.32 Å². The molecule has 25 atom stereocenters. The second-order valence-electron chi connectivity index (χ2n) is 15.2. The molecule has 368 valence electrons. The highest BCUT2D eigenvalue weighted by Crippen LogP contribution is 2.36. The molecule has 30 nitrogen and oxygen atoms in total. The lowest BCUT2D eigenvalue weighted by atomic mass is 9.94. The van der Waals surface area contributed by atoms with Crippen LogP contribution < -0.4 is 5.32 Å². The van der Waals surface area contributed by atoms with Crippen LogP contribution in [0.2, 0.25) is 0 Å². The van der Waals surface area contributed by atoms with E-state index in [0.29, 0.717) is 0 Å². The van der Waals surface area contributed by atoms with Crippen LogP contribution in [0, 0.1) is 0 Å². The first kappa shape index (κ1) is 52.4. The van der Waals surface area contributed by atoms with E-state index in [-0.39, 0.29) is 0 Å². The first-order chi connectivity index (χ1) is 29.6. The zero-order valence-corrected chi connectivity index (χ0v) is 33.7. The summed E-state index contributed by atoms with van der Waals surface area (Å²) in [5.41, 5.74) is 0. The zero-order valence-electron chi connectivity index (χ0n) is 32.8. The van der Waals surface area contributed by atoms with Gasteiger partial charge in [0, 0.05) is 6.92 Å². The van der Waals surface area contributed by atoms with E-state index in [9.17, 15) is 94.4 Å². The Morgan fingerprint density at radius 3 is 1.22 bits per heavy atom. The van der Waals surface area contributed by atoms with Gasteiger partial charge in [-0.3, -0.25) is 9.35 Å². The van der Waals surface area contributed by atoms with Gasteiger partial charge in [0.25, 0.3) is 0 Å². The summed E-state index contributed by atoms with van der Waals surface area (Å²) in [6.45, 7) is -4.07. The predicted molar refractivity (Wildman–Crippen MR) is 189 cm³/mol. The van der Waals surface area contributed by atoms with Crippen molar-refractivity contribution in [2.75, 3.05) is 33.0 Å². The minimum Gasteiger partial charge on any atom is -0.394 e. The van der Waals surface area contributed by atoms with Gasteiger partial charge < -0.3 is 125 Å². The SMILES string of the molecule is CC(=O)N[C@H]1[C@H](O[C@H]2[C@@H](O)[C@@H](CO)O[C@H](O[C@H]3[C@@H](O)[C@@H](CO)O[C@@H](O[C@H]4[C@H](O)[C@@H](O)[C@H](O)O[C@@H]4CO)[C@@H]3O)[C@@H]2O)O[C@H](CO)[C@H](O)[C@@H]1O[C@@H]1O[C@H](CO)[C@H](O)[C@H](OS(=O)(=O)O)[C@H]1O. The third-order valence-electron chi connectivity index (χ3n) is 10.9. The summed E-state index contributed by atoms with van der Waals surface area (Å²) in [7, 11) is -5.38. The molecule has 5 rings (SSSR count). The zero-order chi connectivity index (χ0) is 46.8. The summed E-state index contributed by atoms with van der Waals surface area (Å²) in [5, 5.41) is 160. The number of aliphatic hydroxyl groups is 15. The summed E-state index contributed by atoms with van der Waals surface area (Å²) < 4.78 is 86.7. The van der Waals surface area contributed by atoms with E-state index in [4.69, 9.17) is 42.6 Å². The Balaban J connectivity index is 1.41. The van der Waals surface area contributed by atoms with Gasteiger partial charge in [0.1, 0.15) is 122 Å². The Kier molecular flexibility index (Phi) is 18.3. The van der Waals surface area contributed by atoms with Gasteiger partial charge >= 0.3 is 10.4 Å². The first-order valence-electron chi connectivity index (χ1n) is 19.3. The summed E-state index contributed by atoms with van der Waals surface area (Å²) in [4.78, 5) is 12.5. The van der Waals surface area contributed by atoms with Crippen molar-refractivity contribution >= 4 is 16.3 Å². The predicted octanol–water partition coefficient (Wildman–Crippen LogP) is -12.0. The van der Waals surface area contributed by atoms with Crippen LogP contribution in [0.5, 0.6) is 0 Å². The van der Waals surface area contributed by atoms with Crippen molar-refractivity contribution in [3.8, 4) is 0 Å². The van der Waals surface area contributed by atoms with Gasteiger partial charge in [-0.05, 0) is 0 Å². The minimum atomic E-state index is -5.38. The van der Waals surface area contributed by atoms with Crippen LogP contribution in [0.15, 0.2) is 0 Å². The van der Waals surface area contributed by atoms with Crippen LogP contribution in [0.1, 0.15) is 6.92 Å². The number of amides is 1. The van der Waals surface area contributed by atoms with Crippen LogP contribution in [0.25, 0.3) is 0 Å². The molecule has 5 fully saturated rings. The van der Waals surface area contributed by atoms with E-state index in [0.717, 1.165) is 6.92 Å². The second kappa shape index (κ2) is 22.0. The summed E-state index contributed by atoms with van der Waals surface area (Å²) in [5.74, 6) is -0.898. The number of ether oxygens (including phenoxy) is 9. The molecule has 5 aliphatic heterocycles. The smallest absolute Gasteiger partial charge is 0.394 e. The highest BCUT2D eigenvalue weighted by Gasteiger charge is 2.57. The standard InChI is InChI=1S/C32H55NO29S/c1-7(39)33-13-24(59-32-22(48)27(62-63(50,51)52)17(43)11(5-37)57-32)14(40)8(2-34)54-29(13)60-25-15(41)9(3-35)56-31(20(25)46)61-26-16(42)10(4-36)55-30(21(26)47)58-23-12(6-38)53-28(49)19(45)18(23)44/h8-32,34-38,40-49H,2-6H2,1H3,(H,33,39)(H,50,51,52)/t8-,9-,10-,11-,12-,13-,14+,15+,16+,17+,18-,19-,20-,21-,22-,23-,24-,25+,26+,27+,28-,29+,30+,31-,32+/m1/s1. The van der Waals surface area contributed by atoms with Crippen LogP contribution in [0.3, 0.4) is 0 Å². The third-order valence-corrected chi connectivity index (χ3v) is 11.4. The Bertz CT molecular complexity index is 1570. The second-order valence-corrected chi connectivity index (χ2v) is 16.2. The largest absolute Gasteiger partial charge is 0.397 e. The summed E-state index contributed by atoms with van der Waals surface area (Å²) >= 11 is 0. The fourth-order valence-corrected chi connectivity index (χ4v) is 8.17. The molecule has 63 heavy (non-hydrogen) atoms. The van der Waals surface area contributed by atoms with Crippen LogP contribution in [-0.4, -0.2) is 282 Å². The fraction of sp³-hybridized carbons (Fsp3) is 0.969. The molecule has 5 saturated heterocycles. The lowest BCUT2D eigenvalue weighted by molar-refractivity contribution is -0.389. The van der Waals surface area contributed by atoms with E-state index in [2.05, 4.69) is 9.50 Å². The van der Waals surface area contributed by atoms with Crippen molar-refractivity contribution < 1.29 is 141 Å². The van der Waals surface area contributed by atoms with Gasteiger partial charge in [0.05, 0.1) is 33.0 Å². The maximum Gasteiger partial charge on any atom is 0.397 e. The van der Waals surface area contributed by atoms with Gasteiger partial charge in [-0.2, -0.15) is 8.42 Å². The molecule has 0 aromatic heterocycles. The highest BCUT2D eigenvalue weighted by atomic mass is 32.3. The number of carbonyl (C=O) groups excluding carboxylic acids is 1. The molecular weight excluding hydrogens is 894 g/mol.